The summed E-state index contributed by atoms with van der Waals surface area (Å²) >= 11 is 8.25. The van der Waals surface area contributed by atoms with Gasteiger partial charge in [-0.25, -0.2) is 0 Å². The molecule has 5 heteroatoms. The van der Waals surface area contributed by atoms with Gasteiger partial charge in [0.2, 0.25) is 0 Å². The maximum atomic E-state index is 12.9. The average molecular weight is 421 g/mol. The Morgan fingerprint density at radius 3 is 2.86 bits per heavy atom. The summed E-state index contributed by atoms with van der Waals surface area (Å²) in [5, 5.41) is 4.12. The van der Waals surface area contributed by atoms with Crippen molar-refractivity contribution in [2.24, 2.45) is 0 Å². The summed E-state index contributed by atoms with van der Waals surface area (Å²) in [6.45, 7) is 5.95. The smallest absolute Gasteiger partial charge is 0.255 e. The van der Waals surface area contributed by atoms with Crippen molar-refractivity contribution in [2.75, 3.05) is 13.1 Å². The molecule has 0 saturated carbocycles. The van der Waals surface area contributed by atoms with E-state index in [1.807, 2.05) is 17.0 Å². The number of piperidine rings is 1. The van der Waals surface area contributed by atoms with Gasteiger partial charge < -0.3 is 10.2 Å². The molecule has 2 rings (SSSR count). The SMILES string of the molecule is CC(C)N(CC1CCCCN1)C(=O)c1cc(Cl)ccc1I. The quantitative estimate of drug-likeness (QED) is 0.748. The van der Waals surface area contributed by atoms with Crippen molar-refractivity contribution in [1.29, 1.82) is 0 Å². The lowest BCUT2D eigenvalue weighted by molar-refractivity contribution is 0.0675. The molecule has 0 aliphatic carbocycles. The van der Waals surface area contributed by atoms with E-state index in [-0.39, 0.29) is 11.9 Å². The van der Waals surface area contributed by atoms with E-state index >= 15 is 0 Å². The predicted octanol–water partition coefficient (Wildman–Crippen LogP) is 3.94. The largest absolute Gasteiger partial charge is 0.335 e. The Hall–Kier alpha value is -0.330. The van der Waals surface area contributed by atoms with Crippen LogP contribution in [0.5, 0.6) is 0 Å². The van der Waals surface area contributed by atoms with E-state index in [0.717, 1.165) is 23.1 Å². The number of rotatable bonds is 4. The highest BCUT2D eigenvalue weighted by Gasteiger charge is 2.25. The van der Waals surface area contributed by atoms with Crippen LogP contribution in [0.15, 0.2) is 18.2 Å². The third kappa shape index (κ3) is 4.57. The molecule has 0 bridgehead atoms. The molecule has 1 aromatic rings. The Bertz CT molecular complexity index is 501. The van der Waals surface area contributed by atoms with E-state index in [4.69, 9.17) is 11.6 Å². The fraction of sp³-hybridized carbons (Fsp3) is 0.562. The van der Waals surface area contributed by atoms with Gasteiger partial charge in [-0.1, -0.05) is 18.0 Å². The number of nitrogens with one attached hydrogen (secondary N) is 1. The van der Waals surface area contributed by atoms with Crippen LogP contribution < -0.4 is 5.32 Å². The highest BCUT2D eigenvalue weighted by Crippen LogP contribution is 2.21. The molecule has 0 aromatic heterocycles. The second kappa shape index (κ2) is 7.79. The van der Waals surface area contributed by atoms with Crippen LogP contribution >= 0.6 is 34.2 Å². The summed E-state index contributed by atoms with van der Waals surface area (Å²) in [6.07, 6.45) is 3.62. The number of benzene rings is 1. The molecule has 116 valence electrons. The molecule has 21 heavy (non-hydrogen) atoms. The van der Waals surface area contributed by atoms with Gasteiger partial charge in [-0.05, 0) is 74.0 Å². The fourth-order valence-corrected chi connectivity index (χ4v) is 3.40. The summed E-state index contributed by atoms with van der Waals surface area (Å²) in [7, 11) is 0. The van der Waals surface area contributed by atoms with Crippen LogP contribution in [-0.4, -0.2) is 36.0 Å². The van der Waals surface area contributed by atoms with Crippen LogP contribution in [0.3, 0.4) is 0 Å². The molecule has 1 saturated heterocycles. The van der Waals surface area contributed by atoms with E-state index in [1.165, 1.54) is 12.8 Å². The van der Waals surface area contributed by atoms with Crippen molar-refractivity contribution in [3.8, 4) is 0 Å². The van der Waals surface area contributed by atoms with Gasteiger partial charge in [0, 0.05) is 27.2 Å². The first kappa shape index (κ1) is 17.0. The van der Waals surface area contributed by atoms with Gasteiger partial charge in [0.25, 0.3) is 5.91 Å². The third-order valence-electron chi connectivity index (χ3n) is 3.87. The molecule has 0 radical (unpaired) electrons. The van der Waals surface area contributed by atoms with E-state index in [9.17, 15) is 4.79 Å². The van der Waals surface area contributed by atoms with Gasteiger partial charge in [0.1, 0.15) is 0 Å². The lowest BCUT2D eigenvalue weighted by Crippen LogP contribution is -2.48. The molecule has 1 N–H and O–H groups in total. The maximum absolute atomic E-state index is 12.9. The zero-order valence-corrected chi connectivity index (χ0v) is 15.4. The zero-order chi connectivity index (χ0) is 15.4. The number of halogens is 2. The van der Waals surface area contributed by atoms with E-state index < -0.39 is 0 Å². The van der Waals surface area contributed by atoms with Crippen LogP contribution in [-0.2, 0) is 0 Å². The zero-order valence-electron chi connectivity index (χ0n) is 12.5. The van der Waals surface area contributed by atoms with E-state index in [1.54, 1.807) is 6.07 Å². The molecule has 1 heterocycles. The Labute approximate surface area is 145 Å². The molecule has 1 aliphatic heterocycles. The Morgan fingerprint density at radius 2 is 2.24 bits per heavy atom. The predicted molar refractivity (Wildman–Crippen MR) is 96.0 cm³/mol. The molecule has 1 fully saturated rings. The van der Waals surface area contributed by atoms with Crippen molar-refractivity contribution in [3.05, 3.63) is 32.4 Å². The molecule has 3 nitrogen and oxygen atoms in total. The highest BCUT2D eigenvalue weighted by atomic mass is 127. The average Bonchev–Trinajstić information content (AvgIpc) is 2.47. The van der Waals surface area contributed by atoms with Crippen molar-refractivity contribution in [3.63, 3.8) is 0 Å². The monoisotopic (exact) mass is 420 g/mol. The second-order valence-electron chi connectivity index (χ2n) is 5.82. The minimum atomic E-state index is 0.0734. The van der Waals surface area contributed by atoms with E-state index in [2.05, 4.69) is 41.8 Å². The number of hydrogen-bond donors (Lipinski definition) is 1. The Morgan fingerprint density at radius 1 is 1.48 bits per heavy atom. The fourth-order valence-electron chi connectivity index (χ4n) is 2.66. The van der Waals surface area contributed by atoms with Gasteiger partial charge >= 0.3 is 0 Å². The standard InChI is InChI=1S/C16H22ClIN2O/c1-11(2)20(10-13-5-3-4-8-19-13)16(21)14-9-12(17)6-7-15(14)18/h6-7,9,11,13,19H,3-5,8,10H2,1-2H3. The molecule has 1 aliphatic rings. The van der Waals surface area contributed by atoms with Gasteiger partial charge in [0.15, 0.2) is 0 Å². The summed E-state index contributed by atoms with van der Waals surface area (Å²) in [4.78, 5) is 14.8. The molecular weight excluding hydrogens is 399 g/mol. The molecule has 1 atom stereocenters. The summed E-state index contributed by atoms with van der Waals surface area (Å²) < 4.78 is 0.948. The van der Waals surface area contributed by atoms with Crippen LogP contribution in [0.25, 0.3) is 0 Å². The lowest BCUT2D eigenvalue weighted by Gasteiger charge is -2.33. The number of nitrogens with zero attached hydrogens (tertiary/aromatic N) is 1. The summed E-state index contributed by atoms with van der Waals surface area (Å²) in [5.41, 5.74) is 0.701. The molecule has 0 spiro atoms. The molecule has 1 unspecified atom stereocenters. The Kier molecular flexibility index (Phi) is 6.32. The second-order valence-corrected chi connectivity index (χ2v) is 7.42. The minimum Gasteiger partial charge on any atom is -0.335 e. The normalized spacial score (nSPS) is 18.8. The van der Waals surface area contributed by atoms with Gasteiger partial charge in [0.05, 0.1) is 5.56 Å². The van der Waals surface area contributed by atoms with Crippen LogP contribution in [0.4, 0.5) is 0 Å². The number of carbonyl (C=O) groups excluding carboxylic acids is 1. The van der Waals surface area contributed by atoms with Crippen LogP contribution in [0.2, 0.25) is 5.02 Å². The third-order valence-corrected chi connectivity index (χ3v) is 5.05. The first-order valence-electron chi connectivity index (χ1n) is 7.48. The topological polar surface area (TPSA) is 32.3 Å². The number of hydrogen-bond acceptors (Lipinski definition) is 2. The summed E-state index contributed by atoms with van der Waals surface area (Å²) in [6, 6.07) is 6.07. The minimum absolute atomic E-state index is 0.0734. The van der Waals surface area contributed by atoms with Crippen LogP contribution in [0.1, 0.15) is 43.5 Å². The molecule has 1 aromatic carbocycles. The summed E-state index contributed by atoms with van der Waals surface area (Å²) in [5.74, 6) is 0.0734. The van der Waals surface area contributed by atoms with Gasteiger partial charge in [-0.15, -0.1) is 0 Å². The first-order valence-corrected chi connectivity index (χ1v) is 8.94. The number of amides is 1. The van der Waals surface area contributed by atoms with Crippen molar-refractivity contribution in [2.45, 2.75) is 45.2 Å². The van der Waals surface area contributed by atoms with Gasteiger partial charge in [-0.3, -0.25) is 4.79 Å². The molecule has 1 amide bonds. The van der Waals surface area contributed by atoms with Crippen molar-refractivity contribution < 1.29 is 4.79 Å². The Balaban J connectivity index is 2.16. The van der Waals surface area contributed by atoms with E-state index in [0.29, 0.717) is 16.6 Å². The lowest BCUT2D eigenvalue weighted by atomic mass is 10.0. The highest BCUT2D eigenvalue weighted by molar-refractivity contribution is 14.1. The first-order chi connectivity index (χ1) is 9.99. The molecular formula is C16H22ClIN2O. The number of carbonyl (C=O) groups is 1. The van der Waals surface area contributed by atoms with Crippen LogP contribution in [0, 0.1) is 3.57 Å². The maximum Gasteiger partial charge on any atom is 0.255 e. The van der Waals surface area contributed by atoms with Crippen molar-refractivity contribution >= 4 is 40.1 Å². The van der Waals surface area contributed by atoms with Gasteiger partial charge in [-0.2, -0.15) is 0 Å². The van der Waals surface area contributed by atoms with Crippen molar-refractivity contribution in [1.82, 2.24) is 10.2 Å².